The average Bonchev–Trinajstić information content (AvgIpc) is 2.77. The Hall–Kier alpha value is -3.93. The van der Waals surface area contributed by atoms with E-state index in [2.05, 4.69) is 36.9 Å². The topological polar surface area (TPSA) is 87.3 Å². The number of hydrogen-bond donors (Lipinski definition) is 3. The molecule has 164 valence electrons. The maximum atomic E-state index is 12.5. The van der Waals surface area contributed by atoms with Crippen molar-refractivity contribution in [2.24, 2.45) is 0 Å². The zero-order chi connectivity index (χ0) is 23.3. The molecule has 0 aliphatic carbocycles. The van der Waals surface area contributed by atoms with E-state index < -0.39 is 11.8 Å². The van der Waals surface area contributed by atoms with Crippen molar-refractivity contribution in [3.8, 4) is 0 Å². The Bertz CT molecular complexity index is 1110. The van der Waals surface area contributed by atoms with Crippen LogP contribution in [0.25, 0.3) is 0 Å². The van der Waals surface area contributed by atoms with E-state index in [1.165, 1.54) is 0 Å². The Morgan fingerprint density at radius 2 is 1.00 bits per heavy atom. The third-order valence-electron chi connectivity index (χ3n) is 5.02. The molecule has 3 N–H and O–H groups in total. The molecule has 0 saturated carbocycles. The molecule has 0 radical (unpaired) electrons. The van der Waals surface area contributed by atoms with Crippen molar-refractivity contribution in [2.75, 3.05) is 5.32 Å². The fourth-order valence-electron chi connectivity index (χ4n) is 2.99. The molecule has 0 aromatic heterocycles. The number of amides is 3. The van der Waals surface area contributed by atoms with Crippen molar-refractivity contribution in [3.63, 3.8) is 0 Å². The Morgan fingerprint density at radius 3 is 1.47 bits per heavy atom. The third-order valence-corrected chi connectivity index (χ3v) is 5.02. The molecule has 0 aliphatic rings. The third kappa shape index (κ3) is 5.82. The molecule has 0 fully saturated rings. The zero-order valence-electron chi connectivity index (χ0n) is 18.7. The number of hydrogen-bond acceptors (Lipinski definition) is 3. The lowest BCUT2D eigenvalue weighted by Crippen LogP contribution is -2.41. The number of carbonyl (C=O) groups is 3. The Kier molecular flexibility index (Phi) is 6.73. The van der Waals surface area contributed by atoms with Crippen LogP contribution in [0.15, 0.2) is 72.8 Å². The van der Waals surface area contributed by atoms with E-state index in [-0.39, 0.29) is 11.3 Å². The lowest BCUT2D eigenvalue weighted by Gasteiger charge is -2.19. The van der Waals surface area contributed by atoms with Gasteiger partial charge in [0.05, 0.1) is 0 Å². The van der Waals surface area contributed by atoms with Crippen LogP contribution in [-0.2, 0) is 5.41 Å². The summed E-state index contributed by atoms with van der Waals surface area (Å²) in [5, 5.41) is 2.82. The van der Waals surface area contributed by atoms with Gasteiger partial charge in [0, 0.05) is 22.4 Å². The van der Waals surface area contributed by atoms with Gasteiger partial charge in [-0.15, -0.1) is 0 Å². The van der Waals surface area contributed by atoms with E-state index in [4.69, 9.17) is 0 Å². The molecule has 6 nitrogen and oxygen atoms in total. The molecule has 3 aromatic rings. The summed E-state index contributed by atoms with van der Waals surface area (Å²) in [5.41, 5.74) is 8.91. The first kappa shape index (κ1) is 22.7. The van der Waals surface area contributed by atoms with Crippen LogP contribution < -0.4 is 16.2 Å². The Labute approximate surface area is 188 Å². The smallest absolute Gasteiger partial charge is 0.269 e. The van der Waals surface area contributed by atoms with E-state index in [0.29, 0.717) is 22.4 Å². The molecule has 32 heavy (non-hydrogen) atoms. The second-order valence-electron chi connectivity index (χ2n) is 8.63. The van der Waals surface area contributed by atoms with Crippen LogP contribution in [-0.4, -0.2) is 17.7 Å². The Balaban J connectivity index is 1.56. The van der Waals surface area contributed by atoms with Crippen molar-refractivity contribution < 1.29 is 14.4 Å². The van der Waals surface area contributed by atoms with Crippen molar-refractivity contribution in [1.29, 1.82) is 0 Å². The molecule has 6 heteroatoms. The molecule has 0 bridgehead atoms. The summed E-state index contributed by atoms with van der Waals surface area (Å²) in [5.74, 6) is -1.09. The van der Waals surface area contributed by atoms with Crippen molar-refractivity contribution in [1.82, 2.24) is 10.9 Å². The summed E-state index contributed by atoms with van der Waals surface area (Å²) in [6.45, 7) is 8.29. The van der Waals surface area contributed by atoms with Crippen LogP contribution >= 0.6 is 0 Å². The van der Waals surface area contributed by atoms with Crippen molar-refractivity contribution >= 4 is 23.4 Å². The van der Waals surface area contributed by atoms with Gasteiger partial charge in [-0.3, -0.25) is 25.2 Å². The van der Waals surface area contributed by atoms with Gasteiger partial charge in [-0.05, 0) is 66.4 Å². The van der Waals surface area contributed by atoms with Gasteiger partial charge < -0.3 is 5.32 Å². The lowest BCUT2D eigenvalue weighted by atomic mass is 9.87. The molecule has 0 spiro atoms. The number of carbonyl (C=O) groups excluding carboxylic acids is 3. The molecule has 0 atom stereocenters. The first-order valence-corrected chi connectivity index (χ1v) is 10.3. The van der Waals surface area contributed by atoms with E-state index >= 15 is 0 Å². The molecule has 3 rings (SSSR count). The highest BCUT2D eigenvalue weighted by Gasteiger charge is 2.15. The molecule has 0 aliphatic heterocycles. The first-order chi connectivity index (χ1) is 15.1. The molecular formula is C26H27N3O3. The normalized spacial score (nSPS) is 10.9. The molecule has 3 aromatic carbocycles. The summed E-state index contributed by atoms with van der Waals surface area (Å²) in [4.78, 5) is 36.9. The minimum Gasteiger partial charge on any atom is -0.322 e. The van der Waals surface area contributed by atoms with Crippen molar-refractivity contribution in [2.45, 2.75) is 33.1 Å². The largest absolute Gasteiger partial charge is 0.322 e. The summed E-state index contributed by atoms with van der Waals surface area (Å²) in [7, 11) is 0. The highest BCUT2D eigenvalue weighted by molar-refractivity contribution is 6.04. The quantitative estimate of drug-likeness (QED) is 0.529. The maximum Gasteiger partial charge on any atom is 0.269 e. The number of benzene rings is 3. The lowest BCUT2D eigenvalue weighted by molar-refractivity contribution is 0.0846. The highest BCUT2D eigenvalue weighted by atomic mass is 16.2. The van der Waals surface area contributed by atoms with Gasteiger partial charge in [-0.1, -0.05) is 50.6 Å². The Morgan fingerprint density at radius 1 is 0.594 bits per heavy atom. The SMILES string of the molecule is Cc1ccc(C(=O)NNC(=O)c2ccc(NC(=O)c3ccc(C(C)(C)C)cc3)cc2)cc1. The molecular weight excluding hydrogens is 402 g/mol. The summed E-state index contributed by atoms with van der Waals surface area (Å²) in [6.07, 6.45) is 0. The van der Waals surface area contributed by atoms with Crippen LogP contribution in [0.1, 0.15) is 63.0 Å². The number of aryl methyl sites for hydroxylation is 1. The van der Waals surface area contributed by atoms with Crippen LogP contribution in [0.5, 0.6) is 0 Å². The van der Waals surface area contributed by atoms with Gasteiger partial charge in [-0.25, -0.2) is 0 Å². The number of anilines is 1. The van der Waals surface area contributed by atoms with Gasteiger partial charge in [0.25, 0.3) is 17.7 Å². The van der Waals surface area contributed by atoms with Crippen LogP contribution in [0.4, 0.5) is 5.69 Å². The summed E-state index contributed by atoms with van der Waals surface area (Å²) < 4.78 is 0. The van der Waals surface area contributed by atoms with Crippen molar-refractivity contribution in [3.05, 3.63) is 101 Å². The van der Waals surface area contributed by atoms with Gasteiger partial charge in [-0.2, -0.15) is 0 Å². The fourth-order valence-corrected chi connectivity index (χ4v) is 2.99. The predicted octanol–water partition coefficient (Wildman–Crippen LogP) is 4.62. The number of hydrazine groups is 1. The van der Waals surface area contributed by atoms with Crippen LogP contribution in [0.3, 0.4) is 0 Å². The molecule has 3 amide bonds. The minimum absolute atomic E-state index is 0.0189. The standard InChI is InChI=1S/C26H27N3O3/c1-17-5-7-19(8-6-17)24(31)28-29-25(32)20-11-15-22(16-12-20)27-23(30)18-9-13-21(14-10-18)26(2,3)4/h5-16H,1-4H3,(H,27,30)(H,28,31)(H,29,32). The molecule has 0 saturated heterocycles. The van der Waals surface area contributed by atoms with E-state index in [1.807, 2.05) is 31.2 Å². The maximum absolute atomic E-state index is 12.5. The highest BCUT2D eigenvalue weighted by Crippen LogP contribution is 2.22. The average molecular weight is 430 g/mol. The molecule has 0 unspecified atom stereocenters. The van der Waals surface area contributed by atoms with E-state index in [9.17, 15) is 14.4 Å². The molecule has 0 heterocycles. The fraction of sp³-hybridized carbons (Fsp3) is 0.192. The number of rotatable bonds is 4. The summed E-state index contributed by atoms with van der Waals surface area (Å²) in [6, 6.07) is 20.9. The monoisotopic (exact) mass is 429 g/mol. The zero-order valence-corrected chi connectivity index (χ0v) is 18.7. The van der Waals surface area contributed by atoms with E-state index in [0.717, 1.165) is 11.1 Å². The first-order valence-electron chi connectivity index (χ1n) is 10.3. The van der Waals surface area contributed by atoms with Gasteiger partial charge in [0.15, 0.2) is 0 Å². The van der Waals surface area contributed by atoms with E-state index in [1.54, 1.807) is 48.5 Å². The predicted molar refractivity (Wildman–Crippen MR) is 126 cm³/mol. The van der Waals surface area contributed by atoms with Gasteiger partial charge in [0.1, 0.15) is 0 Å². The van der Waals surface area contributed by atoms with Gasteiger partial charge >= 0.3 is 0 Å². The second kappa shape index (κ2) is 9.47. The second-order valence-corrected chi connectivity index (χ2v) is 8.63. The van der Waals surface area contributed by atoms with Crippen LogP contribution in [0, 0.1) is 6.92 Å². The van der Waals surface area contributed by atoms with Gasteiger partial charge in [0.2, 0.25) is 0 Å². The summed E-state index contributed by atoms with van der Waals surface area (Å²) >= 11 is 0. The number of nitrogens with one attached hydrogen (secondary N) is 3. The van der Waals surface area contributed by atoms with Crippen LogP contribution in [0.2, 0.25) is 0 Å². The minimum atomic E-state index is -0.457.